The molecule has 0 bridgehead atoms. The summed E-state index contributed by atoms with van der Waals surface area (Å²) in [5.74, 6) is -0.243. The topological polar surface area (TPSA) is 75.3 Å². The SMILES string of the molecule is CCCC(NC(=O)c1cccc(NS(=O)(=O)c2ccccc2)c1)c1ccccc1. The number of hydrogen-bond donors (Lipinski definition) is 2. The van der Waals surface area contributed by atoms with Gasteiger partial charge in [-0.05, 0) is 42.3 Å². The zero-order chi connectivity index (χ0) is 20.7. The van der Waals surface area contributed by atoms with Crippen LogP contribution in [0.4, 0.5) is 5.69 Å². The van der Waals surface area contributed by atoms with Crippen molar-refractivity contribution >= 4 is 21.6 Å². The van der Waals surface area contributed by atoms with Gasteiger partial charge in [0.1, 0.15) is 0 Å². The highest BCUT2D eigenvalue weighted by Gasteiger charge is 2.17. The van der Waals surface area contributed by atoms with Gasteiger partial charge >= 0.3 is 0 Å². The van der Waals surface area contributed by atoms with E-state index in [1.807, 2.05) is 30.3 Å². The Kier molecular flexibility index (Phi) is 6.67. The lowest BCUT2D eigenvalue weighted by atomic mass is 10.0. The maximum Gasteiger partial charge on any atom is 0.261 e. The van der Waals surface area contributed by atoms with Crippen molar-refractivity contribution in [1.29, 1.82) is 0 Å². The Bertz CT molecular complexity index is 1050. The molecule has 0 heterocycles. The molecule has 29 heavy (non-hydrogen) atoms. The molecule has 0 fully saturated rings. The molecule has 0 spiro atoms. The first kappa shape index (κ1) is 20.6. The van der Waals surface area contributed by atoms with Crippen LogP contribution in [0.3, 0.4) is 0 Å². The average molecular weight is 409 g/mol. The van der Waals surface area contributed by atoms with Crippen molar-refractivity contribution in [1.82, 2.24) is 5.32 Å². The molecule has 3 aromatic rings. The van der Waals surface area contributed by atoms with Gasteiger partial charge in [-0.25, -0.2) is 8.42 Å². The Hall–Kier alpha value is -3.12. The summed E-state index contributed by atoms with van der Waals surface area (Å²) in [6.45, 7) is 2.07. The minimum absolute atomic E-state index is 0.0987. The van der Waals surface area contributed by atoms with Gasteiger partial charge in [0.15, 0.2) is 0 Å². The number of carbonyl (C=O) groups excluding carboxylic acids is 1. The second-order valence-electron chi connectivity index (χ2n) is 6.72. The second-order valence-corrected chi connectivity index (χ2v) is 8.41. The Morgan fingerprint density at radius 3 is 2.21 bits per heavy atom. The van der Waals surface area contributed by atoms with Crippen LogP contribution in [-0.4, -0.2) is 14.3 Å². The van der Waals surface area contributed by atoms with Gasteiger partial charge in [-0.1, -0.05) is 67.9 Å². The van der Waals surface area contributed by atoms with Crippen LogP contribution in [0.5, 0.6) is 0 Å². The highest BCUT2D eigenvalue weighted by atomic mass is 32.2. The lowest BCUT2D eigenvalue weighted by Gasteiger charge is -2.19. The number of nitrogens with one attached hydrogen (secondary N) is 2. The van der Waals surface area contributed by atoms with Crippen molar-refractivity contribution in [3.05, 3.63) is 96.1 Å². The Morgan fingerprint density at radius 2 is 1.55 bits per heavy atom. The molecule has 5 nitrogen and oxygen atoms in total. The van der Waals surface area contributed by atoms with Gasteiger partial charge in [0.25, 0.3) is 15.9 Å². The summed E-state index contributed by atoms with van der Waals surface area (Å²) in [4.78, 5) is 13.0. The van der Waals surface area contributed by atoms with Crippen LogP contribution in [0.25, 0.3) is 0 Å². The van der Waals surface area contributed by atoms with Crippen LogP contribution in [0, 0.1) is 0 Å². The van der Waals surface area contributed by atoms with E-state index in [1.165, 1.54) is 12.1 Å². The quantitative estimate of drug-likeness (QED) is 0.564. The van der Waals surface area contributed by atoms with Crippen molar-refractivity contribution < 1.29 is 13.2 Å². The van der Waals surface area contributed by atoms with Gasteiger partial charge in [0.05, 0.1) is 10.9 Å². The molecule has 3 rings (SSSR count). The zero-order valence-corrected chi connectivity index (χ0v) is 17.0. The van der Waals surface area contributed by atoms with Gasteiger partial charge in [-0.3, -0.25) is 9.52 Å². The first-order valence-electron chi connectivity index (χ1n) is 9.53. The molecule has 0 aliphatic heterocycles. The number of amides is 1. The molecule has 0 aromatic heterocycles. The molecule has 0 saturated carbocycles. The lowest BCUT2D eigenvalue weighted by Crippen LogP contribution is -2.28. The third kappa shape index (κ3) is 5.45. The molecule has 0 aliphatic carbocycles. The fourth-order valence-corrected chi connectivity index (χ4v) is 4.15. The first-order valence-corrected chi connectivity index (χ1v) is 11.0. The average Bonchev–Trinajstić information content (AvgIpc) is 2.74. The van der Waals surface area contributed by atoms with E-state index in [4.69, 9.17) is 0 Å². The minimum atomic E-state index is -3.71. The van der Waals surface area contributed by atoms with E-state index in [-0.39, 0.29) is 16.8 Å². The minimum Gasteiger partial charge on any atom is -0.345 e. The number of sulfonamides is 1. The third-order valence-electron chi connectivity index (χ3n) is 4.52. The number of rotatable bonds is 8. The van der Waals surface area contributed by atoms with E-state index in [0.717, 1.165) is 18.4 Å². The van der Waals surface area contributed by atoms with Gasteiger partial charge in [-0.15, -0.1) is 0 Å². The fourth-order valence-electron chi connectivity index (χ4n) is 3.08. The summed E-state index contributed by atoms with van der Waals surface area (Å²) in [5.41, 5.74) is 1.78. The predicted molar refractivity (Wildman–Crippen MR) is 115 cm³/mol. The van der Waals surface area contributed by atoms with Gasteiger partial charge < -0.3 is 5.32 Å². The summed E-state index contributed by atoms with van der Waals surface area (Å²) >= 11 is 0. The summed E-state index contributed by atoms with van der Waals surface area (Å²) in [6.07, 6.45) is 1.74. The molecule has 0 saturated heterocycles. The zero-order valence-electron chi connectivity index (χ0n) is 16.2. The van der Waals surface area contributed by atoms with Crippen LogP contribution in [0.15, 0.2) is 89.8 Å². The van der Waals surface area contributed by atoms with Crippen LogP contribution in [-0.2, 0) is 10.0 Å². The first-order chi connectivity index (χ1) is 14.0. The van der Waals surface area contributed by atoms with Crippen LogP contribution in [0.1, 0.15) is 41.7 Å². The Balaban J connectivity index is 1.77. The highest BCUT2D eigenvalue weighted by molar-refractivity contribution is 7.92. The summed E-state index contributed by atoms with van der Waals surface area (Å²) in [7, 11) is -3.71. The van der Waals surface area contributed by atoms with Crippen molar-refractivity contribution in [3.63, 3.8) is 0 Å². The third-order valence-corrected chi connectivity index (χ3v) is 5.91. The summed E-state index contributed by atoms with van der Waals surface area (Å²) < 4.78 is 27.6. The molecule has 3 aromatic carbocycles. The van der Waals surface area contributed by atoms with Crippen LogP contribution in [0.2, 0.25) is 0 Å². The molecule has 0 radical (unpaired) electrons. The molecule has 1 unspecified atom stereocenters. The van der Waals surface area contributed by atoms with Crippen LogP contribution < -0.4 is 10.0 Å². The van der Waals surface area contributed by atoms with E-state index < -0.39 is 10.0 Å². The smallest absolute Gasteiger partial charge is 0.261 e. The van der Waals surface area contributed by atoms with Crippen molar-refractivity contribution in [3.8, 4) is 0 Å². The molecule has 150 valence electrons. The normalized spacial score (nSPS) is 12.2. The number of anilines is 1. The van der Waals surface area contributed by atoms with E-state index in [1.54, 1.807) is 42.5 Å². The van der Waals surface area contributed by atoms with E-state index >= 15 is 0 Å². The molecule has 1 amide bonds. The molecular formula is C23H24N2O3S. The van der Waals surface area contributed by atoms with Crippen molar-refractivity contribution in [2.24, 2.45) is 0 Å². The second kappa shape index (κ2) is 9.39. The van der Waals surface area contributed by atoms with E-state index in [2.05, 4.69) is 17.0 Å². The van der Waals surface area contributed by atoms with E-state index in [0.29, 0.717) is 11.3 Å². The van der Waals surface area contributed by atoms with Crippen LogP contribution >= 0.6 is 0 Å². The Labute approximate surface area is 171 Å². The van der Waals surface area contributed by atoms with Crippen molar-refractivity contribution in [2.45, 2.75) is 30.7 Å². The predicted octanol–water partition coefficient (Wildman–Crippen LogP) is 4.76. The fraction of sp³-hybridized carbons (Fsp3) is 0.174. The molecular weight excluding hydrogens is 384 g/mol. The maximum absolute atomic E-state index is 12.8. The van der Waals surface area contributed by atoms with Gasteiger partial charge in [0, 0.05) is 11.3 Å². The highest BCUT2D eigenvalue weighted by Crippen LogP contribution is 2.21. The standard InChI is InChI=1S/C23H24N2O3S/c1-2-10-22(18-11-5-3-6-12-18)24-23(26)19-13-9-14-20(17-19)25-29(27,28)21-15-7-4-8-16-21/h3-9,11-17,22,25H,2,10H2,1H3,(H,24,26). The number of benzene rings is 3. The molecule has 2 N–H and O–H groups in total. The molecule has 6 heteroatoms. The Morgan fingerprint density at radius 1 is 0.897 bits per heavy atom. The number of hydrogen-bond acceptors (Lipinski definition) is 3. The number of carbonyl (C=O) groups is 1. The van der Waals surface area contributed by atoms with Crippen molar-refractivity contribution in [2.75, 3.05) is 4.72 Å². The lowest BCUT2D eigenvalue weighted by molar-refractivity contribution is 0.0934. The molecule has 1 atom stereocenters. The maximum atomic E-state index is 12.8. The summed E-state index contributed by atoms with van der Waals surface area (Å²) in [6, 6.07) is 24.3. The summed E-state index contributed by atoms with van der Waals surface area (Å²) in [5, 5.41) is 3.06. The van der Waals surface area contributed by atoms with E-state index in [9.17, 15) is 13.2 Å². The van der Waals surface area contributed by atoms with Gasteiger partial charge in [0.2, 0.25) is 0 Å². The largest absolute Gasteiger partial charge is 0.345 e. The van der Waals surface area contributed by atoms with Gasteiger partial charge in [-0.2, -0.15) is 0 Å². The molecule has 0 aliphatic rings. The monoisotopic (exact) mass is 408 g/mol.